The molecule has 2 heterocycles. The van der Waals surface area contributed by atoms with E-state index in [0.29, 0.717) is 18.3 Å². The zero-order chi connectivity index (χ0) is 10.1. The fourth-order valence-electron chi connectivity index (χ4n) is 1.18. The van der Waals surface area contributed by atoms with Crippen molar-refractivity contribution in [2.24, 2.45) is 7.05 Å². The van der Waals surface area contributed by atoms with E-state index in [1.54, 1.807) is 26.4 Å². The SMILES string of the molecule is Cc1noc(Cn2ccn(C)c2=O)n1. The lowest BCUT2D eigenvalue weighted by Gasteiger charge is -1.93. The van der Waals surface area contributed by atoms with Crippen LogP contribution in [-0.2, 0) is 13.6 Å². The smallest absolute Gasteiger partial charge is 0.328 e. The number of hydrogen-bond acceptors (Lipinski definition) is 4. The summed E-state index contributed by atoms with van der Waals surface area (Å²) in [7, 11) is 1.69. The molecule has 0 radical (unpaired) electrons. The molecular weight excluding hydrogens is 184 g/mol. The number of nitrogens with zero attached hydrogens (tertiary/aromatic N) is 4. The summed E-state index contributed by atoms with van der Waals surface area (Å²) in [6.45, 7) is 2.06. The minimum absolute atomic E-state index is 0.0964. The van der Waals surface area contributed by atoms with Gasteiger partial charge in [0, 0.05) is 19.4 Å². The molecule has 0 aromatic carbocycles. The molecule has 0 bridgehead atoms. The molecule has 0 aliphatic rings. The van der Waals surface area contributed by atoms with Crippen molar-refractivity contribution in [1.82, 2.24) is 19.3 Å². The Morgan fingerprint density at radius 3 is 2.79 bits per heavy atom. The first-order valence-corrected chi connectivity index (χ1v) is 4.18. The van der Waals surface area contributed by atoms with Gasteiger partial charge in [-0.05, 0) is 6.92 Å². The van der Waals surface area contributed by atoms with Gasteiger partial charge in [0.2, 0.25) is 5.89 Å². The standard InChI is InChI=1S/C8H10N4O2/c1-6-9-7(14-10-6)5-12-4-3-11(2)8(12)13/h3-4H,5H2,1-2H3. The normalized spacial score (nSPS) is 10.7. The van der Waals surface area contributed by atoms with Gasteiger partial charge in [-0.3, -0.25) is 4.57 Å². The van der Waals surface area contributed by atoms with Crippen LogP contribution in [0.15, 0.2) is 21.7 Å². The van der Waals surface area contributed by atoms with Crippen LogP contribution in [0.25, 0.3) is 0 Å². The molecule has 0 fully saturated rings. The summed E-state index contributed by atoms with van der Waals surface area (Å²) in [6, 6.07) is 0. The Kier molecular flexibility index (Phi) is 1.95. The summed E-state index contributed by atoms with van der Waals surface area (Å²) in [5, 5.41) is 3.64. The summed E-state index contributed by atoms with van der Waals surface area (Å²) < 4.78 is 7.90. The zero-order valence-electron chi connectivity index (χ0n) is 7.97. The second kappa shape index (κ2) is 3.13. The van der Waals surface area contributed by atoms with Crippen molar-refractivity contribution in [1.29, 1.82) is 0 Å². The van der Waals surface area contributed by atoms with Gasteiger partial charge in [-0.15, -0.1) is 0 Å². The van der Waals surface area contributed by atoms with Gasteiger partial charge in [0.05, 0.1) is 0 Å². The van der Waals surface area contributed by atoms with Crippen LogP contribution >= 0.6 is 0 Å². The maximum atomic E-state index is 11.4. The molecule has 0 amide bonds. The molecular formula is C8H10N4O2. The van der Waals surface area contributed by atoms with E-state index in [1.807, 2.05) is 0 Å². The van der Waals surface area contributed by atoms with Crippen LogP contribution in [0, 0.1) is 6.92 Å². The number of aryl methyl sites for hydroxylation is 2. The largest absolute Gasteiger partial charge is 0.337 e. The van der Waals surface area contributed by atoms with Crippen molar-refractivity contribution in [3.05, 3.63) is 34.6 Å². The van der Waals surface area contributed by atoms with E-state index in [2.05, 4.69) is 10.1 Å². The summed E-state index contributed by atoms with van der Waals surface area (Å²) >= 11 is 0. The Balaban J connectivity index is 2.27. The predicted octanol–water partition coefficient (Wildman–Crippen LogP) is -0.0735. The Hall–Kier alpha value is -1.85. The highest BCUT2D eigenvalue weighted by Crippen LogP contribution is 1.97. The molecule has 2 rings (SSSR count). The molecule has 0 saturated carbocycles. The Morgan fingerprint density at radius 2 is 2.29 bits per heavy atom. The zero-order valence-corrected chi connectivity index (χ0v) is 7.97. The third kappa shape index (κ3) is 1.46. The van der Waals surface area contributed by atoms with E-state index in [0.717, 1.165) is 0 Å². The Morgan fingerprint density at radius 1 is 1.50 bits per heavy atom. The van der Waals surface area contributed by atoms with Crippen molar-refractivity contribution in [3.8, 4) is 0 Å². The predicted molar refractivity (Wildman–Crippen MR) is 47.8 cm³/mol. The number of rotatable bonds is 2. The molecule has 0 spiro atoms. The number of imidazole rings is 1. The summed E-state index contributed by atoms with van der Waals surface area (Å²) in [4.78, 5) is 15.4. The van der Waals surface area contributed by atoms with Crippen LogP contribution in [0.3, 0.4) is 0 Å². The molecule has 74 valence electrons. The second-order valence-electron chi connectivity index (χ2n) is 3.05. The van der Waals surface area contributed by atoms with E-state index in [4.69, 9.17) is 4.52 Å². The highest BCUT2D eigenvalue weighted by molar-refractivity contribution is 4.88. The molecule has 2 aromatic rings. The molecule has 0 atom stereocenters. The molecule has 14 heavy (non-hydrogen) atoms. The van der Waals surface area contributed by atoms with Crippen LogP contribution < -0.4 is 5.69 Å². The first kappa shape index (κ1) is 8.74. The quantitative estimate of drug-likeness (QED) is 0.671. The number of hydrogen-bond donors (Lipinski definition) is 0. The van der Waals surface area contributed by atoms with Gasteiger partial charge in [0.1, 0.15) is 6.54 Å². The minimum atomic E-state index is -0.0964. The Labute approximate surface area is 79.8 Å². The summed E-state index contributed by atoms with van der Waals surface area (Å²) in [6.07, 6.45) is 3.37. The van der Waals surface area contributed by atoms with Crippen molar-refractivity contribution >= 4 is 0 Å². The molecule has 0 aliphatic heterocycles. The van der Waals surface area contributed by atoms with Crippen LogP contribution in [-0.4, -0.2) is 19.3 Å². The molecule has 6 nitrogen and oxygen atoms in total. The van der Waals surface area contributed by atoms with Crippen molar-refractivity contribution in [2.75, 3.05) is 0 Å². The van der Waals surface area contributed by atoms with E-state index in [9.17, 15) is 4.79 Å². The lowest BCUT2D eigenvalue weighted by atomic mass is 10.6. The van der Waals surface area contributed by atoms with Crippen LogP contribution in [0.2, 0.25) is 0 Å². The first-order valence-electron chi connectivity index (χ1n) is 4.18. The van der Waals surface area contributed by atoms with Gasteiger partial charge in [0.15, 0.2) is 5.82 Å². The first-order chi connectivity index (χ1) is 6.66. The van der Waals surface area contributed by atoms with Gasteiger partial charge in [-0.25, -0.2) is 4.79 Å². The van der Waals surface area contributed by atoms with Gasteiger partial charge in [-0.2, -0.15) is 4.98 Å². The highest BCUT2D eigenvalue weighted by atomic mass is 16.5. The van der Waals surface area contributed by atoms with Gasteiger partial charge < -0.3 is 9.09 Å². The Bertz CT molecular complexity index is 493. The second-order valence-corrected chi connectivity index (χ2v) is 3.05. The average Bonchev–Trinajstić information content (AvgIpc) is 2.67. The van der Waals surface area contributed by atoms with Crippen LogP contribution in [0.1, 0.15) is 11.7 Å². The topological polar surface area (TPSA) is 65.8 Å². The van der Waals surface area contributed by atoms with Crippen molar-refractivity contribution in [3.63, 3.8) is 0 Å². The third-order valence-electron chi connectivity index (χ3n) is 1.89. The van der Waals surface area contributed by atoms with Gasteiger partial charge >= 0.3 is 5.69 Å². The third-order valence-corrected chi connectivity index (χ3v) is 1.89. The van der Waals surface area contributed by atoms with E-state index >= 15 is 0 Å². The molecule has 0 unspecified atom stereocenters. The summed E-state index contributed by atoms with van der Waals surface area (Å²) in [5.41, 5.74) is -0.0964. The summed E-state index contributed by atoms with van der Waals surface area (Å²) in [5.74, 6) is 1.01. The fourth-order valence-corrected chi connectivity index (χ4v) is 1.18. The molecule has 6 heteroatoms. The maximum absolute atomic E-state index is 11.4. The average molecular weight is 194 g/mol. The van der Waals surface area contributed by atoms with E-state index < -0.39 is 0 Å². The van der Waals surface area contributed by atoms with Crippen LogP contribution in [0.5, 0.6) is 0 Å². The highest BCUT2D eigenvalue weighted by Gasteiger charge is 2.06. The molecule has 0 aliphatic carbocycles. The monoisotopic (exact) mass is 194 g/mol. The van der Waals surface area contributed by atoms with Crippen LogP contribution in [0.4, 0.5) is 0 Å². The maximum Gasteiger partial charge on any atom is 0.328 e. The molecule has 2 aromatic heterocycles. The van der Waals surface area contributed by atoms with Crippen molar-refractivity contribution in [2.45, 2.75) is 13.5 Å². The van der Waals surface area contributed by atoms with Gasteiger partial charge in [0.25, 0.3) is 0 Å². The lowest BCUT2D eigenvalue weighted by Crippen LogP contribution is -2.22. The van der Waals surface area contributed by atoms with E-state index in [-0.39, 0.29) is 5.69 Å². The minimum Gasteiger partial charge on any atom is -0.337 e. The number of aromatic nitrogens is 4. The molecule has 0 N–H and O–H groups in total. The lowest BCUT2D eigenvalue weighted by molar-refractivity contribution is 0.366. The molecule has 0 saturated heterocycles. The fraction of sp³-hybridized carbons (Fsp3) is 0.375. The van der Waals surface area contributed by atoms with Gasteiger partial charge in [-0.1, -0.05) is 5.16 Å². The van der Waals surface area contributed by atoms with E-state index in [1.165, 1.54) is 9.13 Å². The van der Waals surface area contributed by atoms with Crippen molar-refractivity contribution < 1.29 is 4.52 Å².